The molecule has 0 aromatic heterocycles. The molecule has 338 valence electrons. The molecule has 0 aliphatic heterocycles. The molecule has 0 spiro atoms. The van der Waals surface area contributed by atoms with Crippen LogP contribution in [0.4, 0.5) is 0 Å². The molecule has 0 rings (SSSR count). The molecule has 0 aliphatic rings. The quantitative estimate of drug-likeness (QED) is 0.0788. The van der Waals surface area contributed by atoms with Crippen molar-refractivity contribution in [2.75, 3.05) is 283 Å². The maximum absolute atomic E-state index is 2.80. The van der Waals surface area contributed by atoms with Gasteiger partial charge in [0.15, 0.2) is 0 Å². The number of hydrogen-bond acceptors (Lipinski definition) is 14. The minimum Gasteiger partial charge on any atom is -0.308 e. The van der Waals surface area contributed by atoms with Gasteiger partial charge < -0.3 is 39.2 Å². The highest BCUT2D eigenvalue weighted by molar-refractivity contribution is 4.74. The first-order valence-corrected chi connectivity index (χ1v) is 21.9. The molecule has 0 aliphatic carbocycles. The summed E-state index contributed by atoms with van der Waals surface area (Å²) < 4.78 is 0. The van der Waals surface area contributed by atoms with Gasteiger partial charge in [-0.25, -0.2) is 0 Å². The number of rotatable bonds is 39. The van der Waals surface area contributed by atoms with Gasteiger partial charge in [-0.2, -0.15) is 0 Å². The molecule has 0 fully saturated rings. The van der Waals surface area contributed by atoms with Crippen LogP contribution in [0.5, 0.6) is 0 Å². The van der Waals surface area contributed by atoms with Gasteiger partial charge in [0.25, 0.3) is 0 Å². The van der Waals surface area contributed by atoms with Crippen molar-refractivity contribution in [3.63, 3.8) is 0 Å². The fourth-order valence-corrected chi connectivity index (χ4v) is 6.16. The molecular formula is C42H100N14. The van der Waals surface area contributed by atoms with Crippen LogP contribution in [0.15, 0.2) is 0 Å². The zero-order valence-electron chi connectivity index (χ0n) is 40.6. The average molecular weight is 801 g/mol. The lowest BCUT2D eigenvalue weighted by Crippen LogP contribution is -2.48. The van der Waals surface area contributed by atoms with Gasteiger partial charge in [-0.05, 0) is 113 Å². The van der Waals surface area contributed by atoms with E-state index < -0.39 is 0 Å². The van der Waals surface area contributed by atoms with E-state index in [0.29, 0.717) is 0 Å². The third kappa shape index (κ3) is 35.4. The Hall–Kier alpha value is -0.560. The Balaban J connectivity index is 6.11. The number of hydrogen-bond donors (Lipinski definition) is 0. The van der Waals surface area contributed by atoms with Crippen LogP contribution in [0.1, 0.15) is 0 Å². The number of likely N-dealkylation sites (N-methyl/N-ethyl adjacent to an activating group) is 8. The fourth-order valence-electron chi connectivity index (χ4n) is 6.16. The van der Waals surface area contributed by atoms with Gasteiger partial charge in [0.1, 0.15) is 0 Å². The summed E-state index contributed by atoms with van der Waals surface area (Å²) in [5.41, 5.74) is 0. The summed E-state index contributed by atoms with van der Waals surface area (Å²) in [4.78, 5) is 35.0. The second-order valence-corrected chi connectivity index (χ2v) is 18.5. The smallest absolute Gasteiger partial charge is 0.0110 e. The van der Waals surface area contributed by atoms with Gasteiger partial charge >= 0.3 is 0 Å². The lowest BCUT2D eigenvalue weighted by molar-refractivity contribution is 0.127. The molecule has 0 heterocycles. The van der Waals surface area contributed by atoms with Crippen molar-refractivity contribution in [1.82, 2.24) is 68.6 Å². The summed E-state index contributed by atoms with van der Waals surface area (Å²) in [7, 11) is 35.2. The molecule has 14 nitrogen and oxygen atoms in total. The van der Waals surface area contributed by atoms with Crippen molar-refractivity contribution < 1.29 is 0 Å². The van der Waals surface area contributed by atoms with E-state index in [-0.39, 0.29) is 0 Å². The highest BCUT2D eigenvalue weighted by Crippen LogP contribution is 2.03. The third-order valence-corrected chi connectivity index (χ3v) is 10.6. The largest absolute Gasteiger partial charge is 0.308 e. The molecule has 0 saturated heterocycles. The van der Waals surface area contributed by atoms with Crippen molar-refractivity contribution in [3.8, 4) is 0 Å². The predicted octanol–water partition coefficient (Wildman–Crippen LogP) is -0.709. The number of nitrogens with zero attached hydrogens (tertiary/aromatic N) is 14. The van der Waals surface area contributed by atoms with Gasteiger partial charge in [0.2, 0.25) is 0 Å². The Morgan fingerprint density at radius 2 is 0.196 bits per heavy atom. The van der Waals surface area contributed by atoms with Crippen molar-refractivity contribution in [3.05, 3.63) is 0 Å². The Morgan fingerprint density at radius 1 is 0.125 bits per heavy atom. The van der Waals surface area contributed by atoms with Crippen LogP contribution in [0.3, 0.4) is 0 Å². The highest BCUT2D eigenvalue weighted by atomic mass is 15.3. The molecule has 0 saturated carbocycles. The molecule has 14 heteroatoms. The predicted molar refractivity (Wildman–Crippen MR) is 247 cm³/mol. The minimum atomic E-state index is 1.09. The van der Waals surface area contributed by atoms with Gasteiger partial charge in [0, 0.05) is 170 Å². The molecule has 0 aromatic carbocycles. The monoisotopic (exact) mass is 801 g/mol. The Bertz CT molecular complexity index is 769. The van der Waals surface area contributed by atoms with Crippen molar-refractivity contribution in [2.24, 2.45) is 0 Å². The lowest BCUT2D eigenvalue weighted by Gasteiger charge is -2.34. The van der Waals surface area contributed by atoms with Crippen LogP contribution in [-0.4, -0.2) is 352 Å². The summed E-state index contributed by atoms with van der Waals surface area (Å²) in [6.07, 6.45) is 0. The molecule has 0 radical (unpaired) electrons. The molecule has 0 unspecified atom stereocenters. The SMILES string of the molecule is CN(C)CCN(CCN(C)C)CCN(CCN(C)C)CCN(CCN(CCN(C)C)CCN(C)C)CCN(CCN(C)C)CCN(CCN(C)C)CCN(C)C. The van der Waals surface area contributed by atoms with E-state index in [9.17, 15) is 0 Å². The van der Waals surface area contributed by atoms with Gasteiger partial charge in [0.05, 0.1) is 0 Å². The summed E-state index contributed by atoms with van der Waals surface area (Å²) in [5, 5.41) is 0. The second kappa shape index (κ2) is 34.2. The molecule has 0 amide bonds. The van der Waals surface area contributed by atoms with Crippen molar-refractivity contribution >= 4 is 0 Å². The van der Waals surface area contributed by atoms with Crippen LogP contribution in [-0.2, 0) is 0 Å². The standard InChI is InChI=1S/C42H100N14/c1-43(2)17-25-51(26-18-44(3)4)33-36-54(31-23-49(13)14)38-41-56(40-35-53(29-21-47(9)10)30-22-48(11)12)42-39-55(32-24-50(15)16)37-34-52(27-19-45(5)6)28-20-46(7)8/h17-42H2,1-16H3. The van der Waals surface area contributed by atoms with E-state index in [0.717, 1.165) is 170 Å². The second-order valence-electron chi connectivity index (χ2n) is 18.5. The van der Waals surface area contributed by atoms with Crippen LogP contribution in [0, 0.1) is 0 Å². The summed E-state index contributed by atoms with van der Waals surface area (Å²) in [6.45, 7) is 28.8. The molecule has 56 heavy (non-hydrogen) atoms. The van der Waals surface area contributed by atoms with Gasteiger partial charge in [-0.15, -0.1) is 0 Å². The third-order valence-electron chi connectivity index (χ3n) is 10.6. The van der Waals surface area contributed by atoms with E-state index >= 15 is 0 Å². The molecule has 0 N–H and O–H groups in total. The molecule has 0 aromatic rings. The zero-order valence-corrected chi connectivity index (χ0v) is 40.6. The van der Waals surface area contributed by atoms with Crippen LogP contribution < -0.4 is 0 Å². The molecular weight excluding hydrogens is 701 g/mol. The first kappa shape index (κ1) is 55.4. The van der Waals surface area contributed by atoms with Crippen molar-refractivity contribution in [2.45, 2.75) is 0 Å². The molecule has 0 atom stereocenters. The summed E-state index contributed by atoms with van der Waals surface area (Å²) >= 11 is 0. The van der Waals surface area contributed by atoms with Crippen molar-refractivity contribution in [1.29, 1.82) is 0 Å². The lowest BCUT2D eigenvalue weighted by atomic mass is 10.3. The Labute approximate surface area is 350 Å². The van der Waals surface area contributed by atoms with E-state index in [4.69, 9.17) is 0 Å². The first-order valence-electron chi connectivity index (χ1n) is 21.9. The van der Waals surface area contributed by atoms with Gasteiger partial charge in [-0.3, -0.25) is 29.4 Å². The zero-order chi connectivity index (χ0) is 42.5. The first-order chi connectivity index (χ1) is 26.4. The average Bonchev–Trinajstić information content (AvgIpc) is 3.10. The van der Waals surface area contributed by atoms with E-state index in [2.05, 4.69) is 181 Å². The van der Waals surface area contributed by atoms with E-state index in [1.54, 1.807) is 0 Å². The topological polar surface area (TPSA) is 45.4 Å². The Morgan fingerprint density at radius 3 is 0.268 bits per heavy atom. The highest BCUT2D eigenvalue weighted by Gasteiger charge is 2.17. The molecule has 0 bridgehead atoms. The van der Waals surface area contributed by atoms with E-state index in [1.165, 1.54) is 0 Å². The maximum Gasteiger partial charge on any atom is 0.0110 e. The maximum atomic E-state index is 2.80. The summed E-state index contributed by atoms with van der Waals surface area (Å²) in [6, 6.07) is 0. The summed E-state index contributed by atoms with van der Waals surface area (Å²) in [5.74, 6) is 0. The Kier molecular flexibility index (Phi) is 33.8. The fraction of sp³-hybridized carbons (Fsp3) is 1.00. The minimum absolute atomic E-state index is 1.09. The van der Waals surface area contributed by atoms with Crippen LogP contribution >= 0.6 is 0 Å². The van der Waals surface area contributed by atoms with Crippen LogP contribution in [0.25, 0.3) is 0 Å². The van der Waals surface area contributed by atoms with Gasteiger partial charge in [-0.1, -0.05) is 0 Å². The van der Waals surface area contributed by atoms with E-state index in [1.807, 2.05) is 0 Å². The normalized spacial score (nSPS) is 13.2. The van der Waals surface area contributed by atoms with Crippen LogP contribution in [0.2, 0.25) is 0 Å².